The zero-order valence-electron chi connectivity index (χ0n) is 41.6. The third-order valence-electron chi connectivity index (χ3n) is 12.4. The fraction of sp³-hybridized carbons (Fsp3) is 0.490. The highest BCUT2D eigenvalue weighted by molar-refractivity contribution is 7.99. The van der Waals surface area contributed by atoms with Crippen molar-refractivity contribution in [1.29, 1.82) is 0 Å². The molecule has 0 saturated carbocycles. The van der Waals surface area contributed by atoms with E-state index in [0.29, 0.717) is 23.6 Å². The molecule has 7 amide bonds. The molecule has 19 nitrogen and oxygen atoms in total. The number of primary amides is 1. The van der Waals surface area contributed by atoms with Gasteiger partial charge in [-0.3, -0.25) is 48.1 Å². The minimum absolute atomic E-state index is 0.0543. The molecule has 1 aromatic heterocycles. The summed E-state index contributed by atoms with van der Waals surface area (Å²) in [5, 5.41) is 16.3. The van der Waals surface area contributed by atoms with Crippen molar-refractivity contribution in [2.75, 3.05) is 29.7 Å². The maximum absolute atomic E-state index is 14.7. The Morgan fingerprint density at radius 2 is 1.55 bits per heavy atom. The highest BCUT2D eigenvalue weighted by Crippen LogP contribution is 2.28. The molecule has 2 saturated heterocycles. The normalized spacial score (nSPS) is 22.2. The minimum Gasteiger partial charge on any atom is -0.370 e. The molecule has 11 N–H and O–H groups in total. The number of carbonyl (C=O) groups excluding carboxylic acids is 9. The van der Waals surface area contributed by atoms with Crippen LogP contribution in [0.4, 0.5) is 0 Å². The average molecular weight is 1100 g/mol. The van der Waals surface area contributed by atoms with Crippen LogP contribution in [0.2, 0.25) is 5.02 Å². The molecule has 3 aromatic rings. The predicted octanol–water partition coefficient (Wildman–Crippen LogP) is 2.61. The van der Waals surface area contributed by atoms with Crippen LogP contribution in [0.3, 0.4) is 0 Å². The third kappa shape index (κ3) is 19.1. The standard InChI is InChI=1S/C51H67ClN10O9S3/c1-30(2)44-49(70)59-39(25-43(53)65)42(64)23-34(50(71)62-29-73-28-41(62)48(69)58-38(13-6-18-56-51(54)55)46(67)57-26-32-9-4-3-5-10-32)27-72-19-7-11-36(63)22-33(21-31-14-16-35(52)17-15-31)45(66)60-40(47(68)61-44)24-37-12-8-20-74-37/h3-5,8-10,12,14-17,20,30,33-34,38-41,44H,6-7,11,13,18-19,21-29H2,1-2H3,(H2,53,65)(H,57,67)(H,58,69)(H,59,70)(H,60,66)(H,61,68)(H4,54,55,56)/t33-,34+,38-,39+,40+,41+,44+/m1/s1. The lowest BCUT2D eigenvalue weighted by Gasteiger charge is -2.30. The Hall–Kier alpha value is -5.97. The lowest BCUT2D eigenvalue weighted by atomic mass is 9.91. The van der Waals surface area contributed by atoms with E-state index in [1.165, 1.54) is 39.8 Å². The van der Waals surface area contributed by atoms with E-state index in [4.69, 9.17) is 28.8 Å². The Bertz CT molecular complexity index is 2450. The van der Waals surface area contributed by atoms with Crippen molar-refractivity contribution in [3.05, 3.63) is 93.1 Å². The van der Waals surface area contributed by atoms with Crippen molar-refractivity contribution in [2.24, 2.45) is 39.9 Å². The summed E-state index contributed by atoms with van der Waals surface area (Å²) in [6.07, 6.45) is -0.0101. The molecule has 2 aliphatic rings. The van der Waals surface area contributed by atoms with Gasteiger partial charge in [-0.05, 0) is 72.1 Å². The fourth-order valence-corrected chi connectivity index (χ4v) is 11.5. The molecular weight excluding hydrogens is 1030 g/mol. The van der Waals surface area contributed by atoms with E-state index in [-0.39, 0.29) is 74.3 Å². The minimum atomic E-state index is -1.50. The van der Waals surface area contributed by atoms with E-state index >= 15 is 0 Å². The number of benzene rings is 2. The molecule has 74 heavy (non-hydrogen) atoms. The Morgan fingerprint density at radius 1 is 0.824 bits per heavy atom. The van der Waals surface area contributed by atoms with Crippen molar-refractivity contribution in [3.63, 3.8) is 0 Å². The first kappa shape index (κ1) is 58.9. The molecular formula is C51H67ClN10O9S3. The van der Waals surface area contributed by atoms with Crippen LogP contribution in [0.15, 0.2) is 77.1 Å². The second kappa shape index (κ2) is 29.8. The van der Waals surface area contributed by atoms with Gasteiger partial charge in [0.05, 0.1) is 24.3 Å². The van der Waals surface area contributed by atoms with E-state index in [1.807, 2.05) is 35.7 Å². The summed E-state index contributed by atoms with van der Waals surface area (Å²) in [5.74, 6) is -7.36. The van der Waals surface area contributed by atoms with Crippen molar-refractivity contribution in [3.8, 4) is 0 Å². The topological polar surface area (TPSA) is 307 Å². The molecule has 23 heteroatoms. The molecule has 0 spiro atoms. The number of hydrogen-bond acceptors (Lipinski definition) is 13. The van der Waals surface area contributed by atoms with Crippen LogP contribution in [0.25, 0.3) is 0 Å². The number of Topliss-reactive ketones (excluding diaryl/α,β-unsaturated/α-hetero) is 2. The zero-order chi connectivity index (χ0) is 53.7. The molecule has 0 radical (unpaired) electrons. The van der Waals surface area contributed by atoms with E-state index in [9.17, 15) is 43.2 Å². The molecule has 7 atom stereocenters. The number of hydrogen-bond donors (Lipinski definition) is 8. The van der Waals surface area contributed by atoms with Gasteiger partial charge in [-0.2, -0.15) is 11.8 Å². The van der Waals surface area contributed by atoms with Gasteiger partial charge in [0.25, 0.3) is 0 Å². The van der Waals surface area contributed by atoms with E-state index in [1.54, 1.807) is 50.2 Å². The Balaban J connectivity index is 1.41. The average Bonchev–Trinajstić information content (AvgIpc) is 4.08. The number of amides is 7. The summed E-state index contributed by atoms with van der Waals surface area (Å²) in [6, 6.07) is 13.7. The van der Waals surface area contributed by atoms with Crippen LogP contribution in [-0.4, -0.2) is 124 Å². The summed E-state index contributed by atoms with van der Waals surface area (Å²) in [7, 11) is 0. The number of halogens is 1. The zero-order valence-corrected chi connectivity index (χ0v) is 44.8. The van der Waals surface area contributed by atoms with Gasteiger partial charge in [0, 0.05) is 66.1 Å². The maximum atomic E-state index is 14.7. The number of ketones is 2. The SMILES string of the molecule is CC(C)[C@@H]1NC(=O)[C@H](Cc2cccs2)NC(=O)[C@H](Cc2ccc(Cl)cc2)CC(=O)CCCSC[C@@H](C(=O)N2CSC[C@H]2C(=O)N[C@H](CCCN=C(N)N)C(=O)NCc2ccccc2)CC(=O)[C@H](CC(N)=O)NC1=O. The van der Waals surface area contributed by atoms with Gasteiger partial charge in [-0.15, -0.1) is 23.1 Å². The summed E-state index contributed by atoms with van der Waals surface area (Å²) in [5.41, 5.74) is 18.2. The molecule has 2 fully saturated rings. The van der Waals surface area contributed by atoms with Crippen LogP contribution in [-0.2, 0) is 62.5 Å². The van der Waals surface area contributed by atoms with Gasteiger partial charge in [0.15, 0.2) is 11.7 Å². The molecule has 3 heterocycles. The van der Waals surface area contributed by atoms with Gasteiger partial charge < -0.3 is 48.7 Å². The molecule has 5 rings (SSSR count). The first-order chi connectivity index (χ1) is 35.4. The second-order valence-corrected chi connectivity index (χ2v) is 22.3. The molecule has 2 aromatic carbocycles. The summed E-state index contributed by atoms with van der Waals surface area (Å²) in [6.45, 7) is 3.75. The largest absolute Gasteiger partial charge is 0.370 e. The first-order valence-electron chi connectivity index (χ1n) is 24.5. The smallest absolute Gasteiger partial charge is 0.244 e. The Kier molecular flexibility index (Phi) is 23.7. The third-order valence-corrected chi connectivity index (χ3v) is 15.8. The molecule has 0 unspecified atom stereocenters. The number of thiophene rings is 1. The Morgan fingerprint density at radius 3 is 2.23 bits per heavy atom. The number of aliphatic imine (C=N–C) groups is 1. The monoisotopic (exact) mass is 1090 g/mol. The van der Waals surface area contributed by atoms with Crippen LogP contribution in [0.5, 0.6) is 0 Å². The summed E-state index contributed by atoms with van der Waals surface area (Å²) in [4.78, 5) is 132. The van der Waals surface area contributed by atoms with Gasteiger partial charge >= 0.3 is 0 Å². The van der Waals surface area contributed by atoms with Gasteiger partial charge in [0.1, 0.15) is 30.0 Å². The number of guanidine groups is 1. The number of nitrogens with one attached hydrogen (secondary N) is 5. The van der Waals surface area contributed by atoms with E-state index < -0.39 is 108 Å². The van der Waals surface area contributed by atoms with E-state index in [0.717, 1.165) is 16.0 Å². The van der Waals surface area contributed by atoms with E-state index in [2.05, 4.69) is 31.6 Å². The number of nitrogens with zero attached hydrogens (tertiary/aromatic N) is 2. The van der Waals surface area contributed by atoms with Crippen LogP contribution in [0.1, 0.15) is 74.8 Å². The predicted molar refractivity (Wildman–Crippen MR) is 288 cm³/mol. The number of thioether (sulfide) groups is 2. The first-order valence-corrected chi connectivity index (χ1v) is 28.1. The van der Waals surface area contributed by atoms with Crippen LogP contribution in [0, 0.1) is 17.8 Å². The number of rotatable bonds is 17. The highest BCUT2D eigenvalue weighted by Gasteiger charge is 2.41. The van der Waals surface area contributed by atoms with Crippen molar-refractivity contribution >= 4 is 105 Å². The molecule has 0 bridgehead atoms. The Labute approximate surface area is 448 Å². The second-order valence-electron chi connectivity index (χ2n) is 18.7. The molecule has 2 aliphatic heterocycles. The number of carbonyl (C=O) groups is 9. The summed E-state index contributed by atoms with van der Waals surface area (Å²) < 4.78 is 0. The molecule has 400 valence electrons. The van der Waals surface area contributed by atoms with Crippen molar-refractivity contribution < 1.29 is 43.2 Å². The fourth-order valence-electron chi connectivity index (χ4n) is 8.42. The van der Waals surface area contributed by atoms with Crippen molar-refractivity contribution in [2.45, 2.75) is 108 Å². The van der Waals surface area contributed by atoms with Gasteiger partial charge in [-0.25, -0.2) is 0 Å². The van der Waals surface area contributed by atoms with Crippen LogP contribution < -0.4 is 43.8 Å². The number of nitrogens with two attached hydrogens (primary N) is 3. The lowest BCUT2D eigenvalue weighted by Crippen LogP contribution is -2.58. The maximum Gasteiger partial charge on any atom is 0.244 e. The van der Waals surface area contributed by atoms with Crippen molar-refractivity contribution in [1.82, 2.24) is 31.5 Å². The molecule has 0 aliphatic carbocycles. The summed E-state index contributed by atoms with van der Waals surface area (Å²) >= 11 is 10.2. The highest BCUT2D eigenvalue weighted by atomic mass is 35.5. The van der Waals surface area contributed by atoms with Gasteiger partial charge in [0.2, 0.25) is 41.4 Å². The van der Waals surface area contributed by atoms with Gasteiger partial charge in [-0.1, -0.05) is 74.0 Å². The lowest BCUT2D eigenvalue weighted by molar-refractivity contribution is -0.143. The quantitative estimate of drug-likeness (QED) is 0.0549. The van der Waals surface area contributed by atoms with Crippen LogP contribution >= 0.6 is 46.5 Å².